The SMILES string of the molecule is NN1CC[C@]2(C[C@@H](O)CCO2)C1. The van der Waals surface area contributed by atoms with Crippen LogP contribution in [0.15, 0.2) is 0 Å². The monoisotopic (exact) mass is 172 g/mol. The fourth-order valence-electron chi connectivity index (χ4n) is 2.16. The number of aliphatic hydroxyl groups is 1. The molecule has 0 bridgehead atoms. The van der Waals surface area contributed by atoms with E-state index < -0.39 is 0 Å². The van der Waals surface area contributed by atoms with Gasteiger partial charge in [-0.2, -0.15) is 0 Å². The molecule has 2 aliphatic rings. The number of aliphatic hydroxyl groups excluding tert-OH is 1. The van der Waals surface area contributed by atoms with Crippen molar-refractivity contribution in [3.05, 3.63) is 0 Å². The molecule has 4 nitrogen and oxygen atoms in total. The zero-order valence-electron chi connectivity index (χ0n) is 7.20. The zero-order chi connectivity index (χ0) is 8.60. The van der Waals surface area contributed by atoms with E-state index in [4.69, 9.17) is 10.6 Å². The van der Waals surface area contributed by atoms with E-state index >= 15 is 0 Å². The number of rotatable bonds is 0. The Morgan fingerprint density at radius 2 is 2.42 bits per heavy atom. The Morgan fingerprint density at radius 1 is 1.58 bits per heavy atom. The van der Waals surface area contributed by atoms with E-state index in [1.807, 2.05) is 0 Å². The van der Waals surface area contributed by atoms with Gasteiger partial charge in [-0.05, 0) is 12.8 Å². The van der Waals surface area contributed by atoms with Gasteiger partial charge in [-0.15, -0.1) is 0 Å². The van der Waals surface area contributed by atoms with Crippen molar-refractivity contribution < 1.29 is 9.84 Å². The minimum Gasteiger partial charge on any atom is -0.393 e. The van der Waals surface area contributed by atoms with Gasteiger partial charge in [-0.1, -0.05) is 0 Å². The molecule has 2 saturated heterocycles. The van der Waals surface area contributed by atoms with Crippen LogP contribution in [0.3, 0.4) is 0 Å². The third kappa shape index (κ3) is 1.47. The first-order valence-electron chi connectivity index (χ1n) is 4.52. The normalized spacial score (nSPS) is 44.0. The summed E-state index contributed by atoms with van der Waals surface area (Å²) in [5.41, 5.74) is -0.133. The zero-order valence-corrected chi connectivity index (χ0v) is 7.20. The summed E-state index contributed by atoms with van der Waals surface area (Å²) in [7, 11) is 0. The van der Waals surface area contributed by atoms with E-state index in [0.717, 1.165) is 32.4 Å². The quantitative estimate of drug-likeness (QED) is 0.482. The first kappa shape index (κ1) is 8.44. The lowest BCUT2D eigenvalue weighted by atomic mass is 9.91. The maximum atomic E-state index is 9.48. The molecule has 4 heteroatoms. The Bertz CT molecular complexity index is 172. The second-order valence-corrected chi connectivity index (χ2v) is 3.90. The van der Waals surface area contributed by atoms with Crippen LogP contribution in [-0.4, -0.2) is 41.5 Å². The van der Waals surface area contributed by atoms with E-state index in [2.05, 4.69) is 0 Å². The molecule has 0 radical (unpaired) electrons. The van der Waals surface area contributed by atoms with Crippen LogP contribution in [0.5, 0.6) is 0 Å². The molecule has 3 N–H and O–H groups in total. The summed E-state index contributed by atoms with van der Waals surface area (Å²) in [5, 5.41) is 11.3. The van der Waals surface area contributed by atoms with Gasteiger partial charge in [0.15, 0.2) is 0 Å². The highest BCUT2D eigenvalue weighted by Crippen LogP contribution is 2.32. The van der Waals surface area contributed by atoms with Gasteiger partial charge in [-0.25, -0.2) is 5.01 Å². The van der Waals surface area contributed by atoms with Crippen molar-refractivity contribution in [1.82, 2.24) is 5.01 Å². The Morgan fingerprint density at radius 3 is 3.00 bits per heavy atom. The maximum absolute atomic E-state index is 9.48. The Kier molecular flexibility index (Phi) is 2.08. The summed E-state index contributed by atoms with van der Waals surface area (Å²) in [4.78, 5) is 0. The van der Waals surface area contributed by atoms with Crippen LogP contribution >= 0.6 is 0 Å². The van der Waals surface area contributed by atoms with Crippen molar-refractivity contribution in [3.63, 3.8) is 0 Å². The van der Waals surface area contributed by atoms with Gasteiger partial charge in [0.1, 0.15) is 0 Å². The lowest BCUT2D eigenvalue weighted by Crippen LogP contribution is -2.45. The fourth-order valence-corrected chi connectivity index (χ4v) is 2.16. The van der Waals surface area contributed by atoms with Crippen LogP contribution in [0.25, 0.3) is 0 Å². The average molecular weight is 172 g/mol. The number of hydrazine groups is 1. The highest BCUT2D eigenvalue weighted by atomic mass is 16.5. The molecule has 0 aliphatic carbocycles. The molecule has 0 saturated carbocycles. The first-order chi connectivity index (χ1) is 5.70. The van der Waals surface area contributed by atoms with Gasteiger partial charge in [0.2, 0.25) is 0 Å². The molecular formula is C8H16N2O2. The summed E-state index contributed by atoms with van der Waals surface area (Å²) in [6, 6.07) is 0. The number of nitrogens with two attached hydrogens (primary N) is 1. The van der Waals surface area contributed by atoms with Gasteiger partial charge in [-0.3, -0.25) is 5.84 Å². The molecule has 2 rings (SSSR count). The summed E-state index contributed by atoms with van der Waals surface area (Å²) in [6.45, 7) is 2.33. The molecule has 12 heavy (non-hydrogen) atoms. The second kappa shape index (κ2) is 2.96. The predicted molar refractivity (Wildman–Crippen MR) is 44.3 cm³/mol. The summed E-state index contributed by atoms with van der Waals surface area (Å²) >= 11 is 0. The van der Waals surface area contributed by atoms with Gasteiger partial charge >= 0.3 is 0 Å². The molecule has 2 atom stereocenters. The van der Waals surface area contributed by atoms with Gasteiger partial charge in [0.05, 0.1) is 11.7 Å². The molecule has 0 aromatic rings. The van der Waals surface area contributed by atoms with Crippen LogP contribution in [0, 0.1) is 0 Å². The average Bonchev–Trinajstić information content (AvgIpc) is 2.32. The highest BCUT2D eigenvalue weighted by molar-refractivity contribution is 4.94. The molecule has 2 aliphatic heterocycles. The standard InChI is InChI=1S/C8H16N2O2/c9-10-3-2-8(6-10)5-7(11)1-4-12-8/h7,11H,1-6,9H2/t7-,8-/m0/s1. The minimum atomic E-state index is -0.190. The van der Waals surface area contributed by atoms with Crippen molar-refractivity contribution in [3.8, 4) is 0 Å². The Balaban J connectivity index is 2.00. The lowest BCUT2D eigenvalue weighted by molar-refractivity contribution is -0.110. The van der Waals surface area contributed by atoms with Gasteiger partial charge in [0, 0.05) is 26.1 Å². The topological polar surface area (TPSA) is 58.7 Å². The Labute approximate surface area is 72.3 Å². The van der Waals surface area contributed by atoms with E-state index in [-0.39, 0.29) is 11.7 Å². The molecule has 70 valence electrons. The first-order valence-corrected chi connectivity index (χ1v) is 4.52. The molecule has 0 amide bonds. The van der Waals surface area contributed by atoms with Crippen molar-refractivity contribution in [2.45, 2.75) is 31.0 Å². The van der Waals surface area contributed by atoms with Crippen LogP contribution < -0.4 is 5.84 Å². The van der Waals surface area contributed by atoms with Crippen molar-refractivity contribution in [1.29, 1.82) is 0 Å². The van der Waals surface area contributed by atoms with E-state index in [0.29, 0.717) is 6.61 Å². The van der Waals surface area contributed by atoms with Gasteiger partial charge < -0.3 is 9.84 Å². The highest BCUT2D eigenvalue weighted by Gasteiger charge is 2.41. The minimum absolute atomic E-state index is 0.133. The maximum Gasteiger partial charge on any atom is 0.0860 e. The number of hydrogen-bond acceptors (Lipinski definition) is 4. The van der Waals surface area contributed by atoms with Crippen molar-refractivity contribution >= 4 is 0 Å². The molecular weight excluding hydrogens is 156 g/mol. The Hall–Kier alpha value is -0.160. The number of nitrogens with zero attached hydrogens (tertiary/aromatic N) is 1. The van der Waals surface area contributed by atoms with Crippen LogP contribution in [0.4, 0.5) is 0 Å². The lowest BCUT2D eigenvalue weighted by Gasteiger charge is -2.35. The predicted octanol–water partition coefficient (Wildman–Crippen LogP) is -0.524. The molecule has 2 heterocycles. The number of hydrogen-bond donors (Lipinski definition) is 2. The smallest absolute Gasteiger partial charge is 0.0860 e. The number of ether oxygens (including phenoxy) is 1. The molecule has 0 aromatic carbocycles. The third-order valence-corrected chi connectivity index (χ3v) is 2.81. The van der Waals surface area contributed by atoms with Crippen LogP contribution in [-0.2, 0) is 4.74 Å². The molecule has 2 fully saturated rings. The van der Waals surface area contributed by atoms with Crippen LogP contribution in [0.1, 0.15) is 19.3 Å². The molecule has 0 aromatic heterocycles. The van der Waals surface area contributed by atoms with Crippen molar-refractivity contribution in [2.75, 3.05) is 19.7 Å². The summed E-state index contributed by atoms with van der Waals surface area (Å²) < 4.78 is 5.69. The van der Waals surface area contributed by atoms with Crippen LogP contribution in [0.2, 0.25) is 0 Å². The van der Waals surface area contributed by atoms with E-state index in [9.17, 15) is 5.11 Å². The van der Waals surface area contributed by atoms with Gasteiger partial charge in [0.25, 0.3) is 0 Å². The molecule has 1 spiro atoms. The largest absolute Gasteiger partial charge is 0.393 e. The summed E-state index contributed by atoms with van der Waals surface area (Å²) in [6.07, 6.45) is 2.29. The third-order valence-electron chi connectivity index (χ3n) is 2.81. The second-order valence-electron chi connectivity index (χ2n) is 3.90. The summed E-state index contributed by atoms with van der Waals surface area (Å²) in [5.74, 6) is 5.66. The van der Waals surface area contributed by atoms with Crippen molar-refractivity contribution in [2.24, 2.45) is 5.84 Å². The van der Waals surface area contributed by atoms with E-state index in [1.165, 1.54) is 0 Å². The van der Waals surface area contributed by atoms with E-state index in [1.54, 1.807) is 5.01 Å². The molecule has 0 unspecified atom stereocenters. The fraction of sp³-hybridized carbons (Fsp3) is 1.00.